The van der Waals surface area contributed by atoms with Crippen molar-refractivity contribution in [1.82, 2.24) is 14.2 Å². The van der Waals surface area contributed by atoms with Gasteiger partial charge in [0.2, 0.25) is 15.9 Å². The van der Waals surface area contributed by atoms with Crippen LogP contribution in [0.15, 0.2) is 41.4 Å². The van der Waals surface area contributed by atoms with Crippen molar-refractivity contribution in [3.05, 3.63) is 52.7 Å². The number of anilines is 1. The molecule has 1 saturated heterocycles. The molecule has 29 heavy (non-hydrogen) atoms. The number of benzene rings is 1. The van der Waals surface area contributed by atoms with Crippen LogP contribution in [0.3, 0.4) is 0 Å². The predicted molar refractivity (Wildman–Crippen MR) is 112 cm³/mol. The van der Waals surface area contributed by atoms with Gasteiger partial charge in [-0.2, -0.15) is 4.31 Å². The molecule has 1 aliphatic heterocycles. The van der Waals surface area contributed by atoms with E-state index in [2.05, 4.69) is 10.3 Å². The van der Waals surface area contributed by atoms with E-state index in [1.165, 1.54) is 16.1 Å². The first-order valence-corrected chi connectivity index (χ1v) is 11.5. The third kappa shape index (κ3) is 4.61. The van der Waals surface area contributed by atoms with Crippen molar-refractivity contribution in [1.29, 1.82) is 0 Å². The quantitative estimate of drug-likeness (QED) is 0.779. The fourth-order valence-corrected chi connectivity index (χ4v) is 5.41. The Labute approximate surface area is 175 Å². The summed E-state index contributed by atoms with van der Waals surface area (Å²) >= 11 is 5.79. The molecule has 2 aromatic rings. The van der Waals surface area contributed by atoms with Crippen molar-refractivity contribution in [3.8, 4) is 0 Å². The van der Waals surface area contributed by atoms with Gasteiger partial charge in [-0.05, 0) is 54.7 Å². The van der Waals surface area contributed by atoms with E-state index in [-0.39, 0.29) is 12.5 Å². The highest BCUT2D eigenvalue weighted by molar-refractivity contribution is 7.89. The summed E-state index contributed by atoms with van der Waals surface area (Å²) in [5.74, 6) is 0.256. The number of aryl methyl sites for hydroxylation is 2. The fourth-order valence-electron chi connectivity index (χ4n) is 3.82. The van der Waals surface area contributed by atoms with Crippen LogP contribution in [0.25, 0.3) is 0 Å². The molecule has 2 heterocycles. The zero-order valence-electron chi connectivity index (χ0n) is 16.0. The molecule has 0 unspecified atom stereocenters. The number of halogens is 1. The van der Waals surface area contributed by atoms with Crippen LogP contribution < -0.4 is 5.32 Å². The van der Waals surface area contributed by atoms with Crippen LogP contribution in [0.1, 0.15) is 17.5 Å². The van der Waals surface area contributed by atoms with Crippen LogP contribution in [0, 0.1) is 0 Å². The summed E-state index contributed by atoms with van der Waals surface area (Å²) in [6, 6.07) is 8.80. The second-order valence-electron chi connectivity index (χ2n) is 7.37. The average molecular weight is 435 g/mol. The fraction of sp³-hybridized carbons (Fsp3) is 0.400. The third-order valence-corrected chi connectivity index (χ3v) is 7.52. The Morgan fingerprint density at radius 3 is 2.55 bits per heavy atom. The van der Waals surface area contributed by atoms with E-state index in [0.29, 0.717) is 41.9 Å². The molecule has 154 valence electrons. The first-order chi connectivity index (χ1) is 13.9. The van der Waals surface area contributed by atoms with Crippen LogP contribution in [0.5, 0.6) is 0 Å². The summed E-state index contributed by atoms with van der Waals surface area (Å²) in [7, 11) is -3.50. The Morgan fingerprint density at radius 1 is 1.07 bits per heavy atom. The first-order valence-electron chi connectivity index (χ1n) is 9.67. The average Bonchev–Trinajstić information content (AvgIpc) is 3.18. The molecule has 0 saturated carbocycles. The lowest BCUT2D eigenvalue weighted by Gasteiger charge is -2.33. The Morgan fingerprint density at radius 2 is 1.83 bits per heavy atom. The molecule has 0 atom stereocenters. The Bertz CT molecular complexity index is 1000. The SMILES string of the molecule is O=C(CN1CCN(S(=O)(=O)c2ccc3c(c2)CCC3)CC1)Nc1ccc(Cl)cn1. The number of nitrogens with one attached hydrogen (secondary N) is 1. The summed E-state index contributed by atoms with van der Waals surface area (Å²) in [6.07, 6.45) is 4.54. The van der Waals surface area contributed by atoms with Crippen LogP contribution in [-0.4, -0.2) is 61.2 Å². The van der Waals surface area contributed by atoms with Gasteiger partial charge in [-0.1, -0.05) is 17.7 Å². The van der Waals surface area contributed by atoms with E-state index in [0.717, 1.165) is 24.8 Å². The van der Waals surface area contributed by atoms with E-state index < -0.39 is 10.0 Å². The van der Waals surface area contributed by atoms with E-state index >= 15 is 0 Å². The minimum absolute atomic E-state index is 0.185. The van der Waals surface area contributed by atoms with Crippen molar-refractivity contribution >= 4 is 33.3 Å². The van der Waals surface area contributed by atoms with E-state index in [1.54, 1.807) is 18.2 Å². The van der Waals surface area contributed by atoms with Crippen LogP contribution >= 0.6 is 11.6 Å². The van der Waals surface area contributed by atoms with Crippen molar-refractivity contribution < 1.29 is 13.2 Å². The van der Waals surface area contributed by atoms with Gasteiger partial charge in [-0.3, -0.25) is 9.69 Å². The standard InChI is InChI=1S/C20H23ClN4O3S/c21-17-5-7-19(22-13-17)23-20(26)14-24-8-10-25(11-9-24)29(27,28)18-6-4-15-2-1-3-16(15)12-18/h4-7,12-13H,1-3,8-11,14H2,(H,22,23,26). The summed E-state index contributed by atoms with van der Waals surface area (Å²) in [6.45, 7) is 1.94. The van der Waals surface area contributed by atoms with Crippen molar-refractivity contribution in [2.45, 2.75) is 24.2 Å². The molecule has 2 aliphatic rings. The molecule has 1 N–H and O–H groups in total. The molecule has 1 aromatic carbocycles. The van der Waals surface area contributed by atoms with E-state index in [1.807, 2.05) is 17.0 Å². The number of amides is 1. The third-order valence-electron chi connectivity index (χ3n) is 5.40. The highest BCUT2D eigenvalue weighted by atomic mass is 35.5. The number of hydrogen-bond donors (Lipinski definition) is 1. The van der Waals surface area contributed by atoms with Gasteiger partial charge in [0.25, 0.3) is 0 Å². The van der Waals surface area contributed by atoms with Crippen LogP contribution in [-0.2, 0) is 27.7 Å². The molecule has 9 heteroatoms. The largest absolute Gasteiger partial charge is 0.310 e. The number of carbonyl (C=O) groups excluding carboxylic acids is 1. The zero-order chi connectivity index (χ0) is 20.4. The molecule has 7 nitrogen and oxygen atoms in total. The van der Waals surface area contributed by atoms with Gasteiger partial charge in [0.1, 0.15) is 5.82 Å². The van der Waals surface area contributed by atoms with Gasteiger partial charge < -0.3 is 5.32 Å². The summed E-state index contributed by atoms with van der Waals surface area (Å²) in [5, 5.41) is 3.23. The van der Waals surface area contributed by atoms with Gasteiger partial charge >= 0.3 is 0 Å². The summed E-state index contributed by atoms with van der Waals surface area (Å²) < 4.78 is 27.5. The minimum atomic E-state index is -3.50. The molecule has 0 spiro atoms. The number of carbonyl (C=O) groups is 1. The number of nitrogens with zero attached hydrogens (tertiary/aromatic N) is 3. The Kier molecular flexibility index (Phi) is 5.87. The number of fused-ring (bicyclic) bond motifs is 1. The zero-order valence-corrected chi connectivity index (χ0v) is 17.5. The highest BCUT2D eigenvalue weighted by Crippen LogP contribution is 2.26. The topological polar surface area (TPSA) is 82.6 Å². The monoisotopic (exact) mass is 434 g/mol. The minimum Gasteiger partial charge on any atom is -0.310 e. The lowest BCUT2D eigenvalue weighted by molar-refractivity contribution is -0.117. The molecule has 4 rings (SSSR count). The lowest BCUT2D eigenvalue weighted by atomic mass is 10.1. The number of hydrogen-bond acceptors (Lipinski definition) is 5. The molecular weight excluding hydrogens is 412 g/mol. The van der Waals surface area contributed by atoms with Crippen molar-refractivity contribution in [2.75, 3.05) is 38.0 Å². The maximum absolute atomic E-state index is 13.0. The lowest BCUT2D eigenvalue weighted by Crippen LogP contribution is -2.50. The summed E-state index contributed by atoms with van der Waals surface area (Å²) in [4.78, 5) is 18.6. The molecule has 0 radical (unpaired) electrons. The smallest absolute Gasteiger partial charge is 0.243 e. The van der Waals surface area contributed by atoms with Gasteiger partial charge in [0.05, 0.1) is 16.5 Å². The first kappa shape index (κ1) is 20.3. The van der Waals surface area contributed by atoms with Gasteiger partial charge in [0, 0.05) is 32.4 Å². The molecular formula is C20H23ClN4O3S. The van der Waals surface area contributed by atoms with Gasteiger partial charge in [-0.25, -0.2) is 13.4 Å². The van der Waals surface area contributed by atoms with Crippen LogP contribution in [0.2, 0.25) is 5.02 Å². The molecule has 1 aromatic heterocycles. The summed E-state index contributed by atoms with van der Waals surface area (Å²) in [5.41, 5.74) is 2.41. The van der Waals surface area contributed by atoms with E-state index in [9.17, 15) is 13.2 Å². The number of rotatable bonds is 5. The van der Waals surface area contributed by atoms with Crippen molar-refractivity contribution in [3.63, 3.8) is 0 Å². The highest BCUT2D eigenvalue weighted by Gasteiger charge is 2.30. The molecule has 1 amide bonds. The predicted octanol–water partition coefficient (Wildman–Crippen LogP) is 2.17. The second kappa shape index (κ2) is 8.39. The van der Waals surface area contributed by atoms with Gasteiger partial charge in [-0.15, -0.1) is 0 Å². The van der Waals surface area contributed by atoms with Crippen molar-refractivity contribution in [2.24, 2.45) is 0 Å². The second-order valence-corrected chi connectivity index (χ2v) is 9.75. The number of piperazine rings is 1. The number of sulfonamides is 1. The van der Waals surface area contributed by atoms with E-state index in [4.69, 9.17) is 11.6 Å². The maximum atomic E-state index is 13.0. The number of pyridine rings is 1. The molecule has 1 aliphatic carbocycles. The Balaban J connectivity index is 1.32. The molecule has 1 fully saturated rings. The van der Waals surface area contributed by atoms with Gasteiger partial charge in [0.15, 0.2) is 0 Å². The maximum Gasteiger partial charge on any atom is 0.243 e. The van der Waals surface area contributed by atoms with Crippen LogP contribution in [0.4, 0.5) is 5.82 Å². The number of aromatic nitrogens is 1. The normalized spacial score (nSPS) is 17.8. The molecule has 0 bridgehead atoms. The Hall–Kier alpha value is -2.00.